The number of halogens is 2. The van der Waals surface area contributed by atoms with Gasteiger partial charge in [0, 0.05) is 11.8 Å². The third-order valence-corrected chi connectivity index (χ3v) is 4.29. The normalized spacial score (nSPS) is 10.9. The van der Waals surface area contributed by atoms with Crippen molar-refractivity contribution in [3.05, 3.63) is 70.3 Å². The van der Waals surface area contributed by atoms with E-state index >= 15 is 0 Å². The van der Waals surface area contributed by atoms with E-state index in [0.717, 1.165) is 0 Å². The van der Waals surface area contributed by atoms with Gasteiger partial charge in [0.05, 0.1) is 16.0 Å². The van der Waals surface area contributed by atoms with Crippen LogP contribution in [0.4, 0.5) is 0 Å². The van der Waals surface area contributed by atoms with Crippen molar-refractivity contribution in [3.8, 4) is 23.0 Å². The van der Waals surface area contributed by atoms with Gasteiger partial charge < -0.3 is 14.4 Å². The van der Waals surface area contributed by atoms with Gasteiger partial charge in [-0.15, -0.1) is 0 Å². The molecule has 0 unspecified atom stereocenters. The number of nitrogens with zero attached hydrogens (tertiary/aromatic N) is 2. The first-order valence-electron chi connectivity index (χ1n) is 7.73. The summed E-state index contributed by atoms with van der Waals surface area (Å²) in [5, 5.41) is 14.5. The first kappa shape index (κ1) is 17.3. The number of fused-ring (bicyclic) bond motifs is 1. The van der Waals surface area contributed by atoms with Crippen LogP contribution in [0, 0.1) is 0 Å². The lowest BCUT2D eigenvalue weighted by Gasteiger charge is -2.07. The highest BCUT2D eigenvalue weighted by Gasteiger charge is 2.15. The Kier molecular flexibility index (Phi) is 4.43. The first-order valence-corrected chi connectivity index (χ1v) is 8.49. The standard InChI is InChI=1S/C19H10Cl2N2O4/c20-12-8-15(21)18(22-9-12)26-13-3-1-2-10(6-13)17-14-7-11(19(24)25)4-5-16(14)23-27-17/h1-9H,(H,24,25). The molecule has 0 aliphatic carbocycles. The summed E-state index contributed by atoms with van der Waals surface area (Å²) in [4.78, 5) is 15.3. The molecule has 0 aliphatic heterocycles. The van der Waals surface area contributed by atoms with Crippen molar-refractivity contribution in [2.45, 2.75) is 0 Å². The molecule has 2 aromatic carbocycles. The molecule has 2 aromatic heterocycles. The summed E-state index contributed by atoms with van der Waals surface area (Å²) in [6, 6.07) is 13.2. The van der Waals surface area contributed by atoms with Crippen molar-refractivity contribution in [1.29, 1.82) is 0 Å². The number of aromatic nitrogens is 2. The largest absolute Gasteiger partial charge is 0.478 e. The third-order valence-electron chi connectivity index (χ3n) is 3.81. The highest BCUT2D eigenvalue weighted by molar-refractivity contribution is 6.35. The fourth-order valence-electron chi connectivity index (χ4n) is 2.57. The highest BCUT2D eigenvalue weighted by atomic mass is 35.5. The van der Waals surface area contributed by atoms with Gasteiger partial charge in [0.15, 0.2) is 5.76 Å². The molecule has 134 valence electrons. The van der Waals surface area contributed by atoms with Gasteiger partial charge in [0.25, 0.3) is 0 Å². The summed E-state index contributed by atoms with van der Waals surface area (Å²) in [7, 11) is 0. The molecule has 0 radical (unpaired) electrons. The number of rotatable bonds is 4. The van der Waals surface area contributed by atoms with Gasteiger partial charge in [-0.25, -0.2) is 9.78 Å². The molecule has 1 N–H and O–H groups in total. The minimum Gasteiger partial charge on any atom is -0.478 e. The van der Waals surface area contributed by atoms with E-state index in [1.807, 2.05) is 0 Å². The second-order valence-corrected chi connectivity index (χ2v) is 6.46. The number of carbonyl (C=O) groups is 1. The predicted octanol–water partition coefficient (Wildman–Crippen LogP) is 5.69. The molecule has 0 saturated heterocycles. The first-order chi connectivity index (χ1) is 13.0. The molecule has 0 amide bonds. The van der Waals surface area contributed by atoms with Crippen molar-refractivity contribution >= 4 is 40.1 Å². The number of ether oxygens (including phenoxy) is 1. The number of aromatic carboxylic acids is 1. The molecule has 0 fully saturated rings. The van der Waals surface area contributed by atoms with Gasteiger partial charge in [-0.2, -0.15) is 0 Å². The number of carboxylic acids is 1. The summed E-state index contributed by atoms with van der Waals surface area (Å²) in [5.74, 6) is 0.107. The number of benzene rings is 2. The van der Waals surface area contributed by atoms with Crippen LogP contribution >= 0.6 is 23.2 Å². The van der Waals surface area contributed by atoms with Crippen molar-refractivity contribution in [1.82, 2.24) is 10.1 Å². The van der Waals surface area contributed by atoms with E-state index < -0.39 is 5.97 Å². The van der Waals surface area contributed by atoms with Crippen molar-refractivity contribution < 1.29 is 19.2 Å². The Balaban J connectivity index is 1.73. The molecule has 0 spiro atoms. The van der Waals surface area contributed by atoms with Crippen LogP contribution in [0.5, 0.6) is 11.6 Å². The molecule has 2 heterocycles. The molecule has 8 heteroatoms. The van der Waals surface area contributed by atoms with Crippen LogP contribution in [0.1, 0.15) is 10.4 Å². The monoisotopic (exact) mass is 400 g/mol. The molecule has 27 heavy (non-hydrogen) atoms. The average Bonchev–Trinajstić information content (AvgIpc) is 3.07. The van der Waals surface area contributed by atoms with E-state index in [0.29, 0.717) is 33.0 Å². The Hall–Kier alpha value is -3.09. The lowest BCUT2D eigenvalue weighted by Crippen LogP contribution is -1.95. The molecule has 6 nitrogen and oxygen atoms in total. The second-order valence-electron chi connectivity index (χ2n) is 5.62. The average molecular weight is 401 g/mol. The lowest BCUT2D eigenvalue weighted by atomic mass is 10.1. The van der Waals surface area contributed by atoms with E-state index in [4.69, 9.17) is 32.5 Å². The molecule has 0 aliphatic rings. The molecule has 0 bridgehead atoms. The summed E-state index contributed by atoms with van der Waals surface area (Å²) in [5.41, 5.74) is 1.38. The Morgan fingerprint density at radius 3 is 2.74 bits per heavy atom. The number of hydrogen-bond acceptors (Lipinski definition) is 5. The zero-order valence-electron chi connectivity index (χ0n) is 13.5. The van der Waals surface area contributed by atoms with E-state index in [9.17, 15) is 9.90 Å². The van der Waals surface area contributed by atoms with Gasteiger partial charge in [0.2, 0.25) is 5.88 Å². The quantitative estimate of drug-likeness (QED) is 0.473. The minimum absolute atomic E-state index is 0.150. The van der Waals surface area contributed by atoms with Gasteiger partial charge in [0.1, 0.15) is 16.3 Å². The molecular weight excluding hydrogens is 391 g/mol. The number of carboxylic acid groups (broad SMARTS) is 1. The Morgan fingerprint density at radius 1 is 1.11 bits per heavy atom. The molecule has 0 saturated carbocycles. The summed E-state index contributed by atoms with van der Waals surface area (Å²) in [6.45, 7) is 0. The van der Waals surface area contributed by atoms with Gasteiger partial charge >= 0.3 is 5.97 Å². The lowest BCUT2D eigenvalue weighted by molar-refractivity contribution is 0.0697. The number of pyridine rings is 1. The zero-order valence-corrected chi connectivity index (χ0v) is 15.0. The van der Waals surface area contributed by atoms with Crippen LogP contribution < -0.4 is 4.74 Å². The Labute approximate surface area is 162 Å². The fraction of sp³-hybridized carbons (Fsp3) is 0. The SMILES string of the molecule is O=C(O)c1ccc2noc(-c3cccc(Oc4ncc(Cl)cc4Cl)c3)c2c1. The van der Waals surface area contributed by atoms with Crippen LogP contribution in [-0.2, 0) is 0 Å². The predicted molar refractivity (Wildman–Crippen MR) is 101 cm³/mol. The van der Waals surface area contributed by atoms with E-state index in [-0.39, 0.29) is 16.5 Å². The van der Waals surface area contributed by atoms with Crippen LogP contribution in [0.3, 0.4) is 0 Å². The maximum absolute atomic E-state index is 11.2. The zero-order chi connectivity index (χ0) is 19.0. The second kappa shape index (κ2) is 6.90. The smallest absolute Gasteiger partial charge is 0.335 e. The van der Waals surface area contributed by atoms with Crippen LogP contribution in [-0.4, -0.2) is 21.2 Å². The van der Waals surface area contributed by atoms with Gasteiger partial charge in [-0.05, 0) is 36.4 Å². The topological polar surface area (TPSA) is 85.5 Å². The van der Waals surface area contributed by atoms with E-state index in [2.05, 4.69) is 10.1 Å². The Bertz CT molecular complexity index is 1170. The molecule has 4 rings (SSSR count). The molecular formula is C19H10Cl2N2O4. The van der Waals surface area contributed by atoms with Crippen molar-refractivity contribution in [2.24, 2.45) is 0 Å². The van der Waals surface area contributed by atoms with Crippen molar-refractivity contribution in [3.63, 3.8) is 0 Å². The summed E-state index contributed by atoms with van der Waals surface area (Å²) < 4.78 is 11.1. The fourth-order valence-corrected chi connectivity index (χ4v) is 2.99. The van der Waals surface area contributed by atoms with Crippen LogP contribution in [0.25, 0.3) is 22.2 Å². The Morgan fingerprint density at radius 2 is 1.96 bits per heavy atom. The number of hydrogen-bond donors (Lipinski definition) is 1. The summed E-state index contributed by atoms with van der Waals surface area (Å²) in [6.07, 6.45) is 1.43. The van der Waals surface area contributed by atoms with Gasteiger partial charge in [-0.3, -0.25) is 0 Å². The van der Waals surface area contributed by atoms with E-state index in [1.54, 1.807) is 30.3 Å². The third kappa shape index (κ3) is 3.45. The van der Waals surface area contributed by atoms with E-state index in [1.165, 1.54) is 24.4 Å². The van der Waals surface area contributed by atoms with Gasteiger partial charge in [-0.1, -0.05) is 40.5 Å². The molecule has 4 aromatic rings. The van der Waals surface area contributed by atoms with Crippen molar-refractivity contribution in [2.75, 3.05) is 0 Å². The summed E-state index contributed by atoms with van der Waals surface area (Å²) >= 11 is 11.9. The van der Waals surface area contributed by atoms with Crippen LogP contribution in [0.2, 0.25) is 10.0 Å². The van der Waals surface area contributed by atoms with Crippen LogP contribution in [0.15, 0.2) is 59.3 Å². The molecule has 0 atom stereocenters. The maximum Gasteiger partial charge on any atom is 0.335 e. The minimum atomic E-state index is -1.02. The highest BCUT2D eigenvalue weighted by Crippen LogP contribution is 2.34. The maximum atomic E-state index is 11.2.